The van der Waals surface area contributed by atoms with E-state index < -0.39 is 31.0 Å². The number of pyridine rings is 1. The van der Waals surface area contributed by atoms with E-state index in [0.717, 1.165) is 48.4 Å². The predicted octanol–water partition coefficient (Wildman–Crippen LogP) is 4.49. The van der Waals surface area contributed by atoms with Gasteiger partial charge in [0.05, 0.1) is 18.8 Å². The Hall–Kier alpha value is -3.11. The van der Waals surface area contributed by atoms with Gasteiger partial charge in [-0.15, -0.1) is 0 Å². The molecule has 1 saturated carbocycles. The summed E-state index contributed by atoms with van der Waals surface area (Å²) in [4.78, 5) is 8.49. The first-order chi connectivity index (χ1) is 21.2. The fourth-order valence-corrected chi connectivity index (χ4v) is 6.54. The van der Waals surface area contributed by atoms with Crippen LogP contribution in [0.5, 0.6) is 11.5 Å². The van der Waals surface area contributed by atoms with Gasteiger partial charge in [0.2, 0.25) is 0 Å². The smallest absolute Gasteiger partial charge is 0.161 e. The van der Waals surface area contributed by atoms with E-state index in [9.17, 15) is 25.5 Å². The maximum absolute atomic E-state index is 10.9. The minimum atomic E-state index is -1.20. The van der Waals surface area contributed by atoms with E-state index in [1.807, 2.05) is 18.2 Å². The number of hydrogen-bond acceptors (Lipinski definition) is 8. The lowest BCUT2D eigenvalue weighted by atomic mass is 9.88. The maximum atomic E-state index is 10.9. The molecule has 0 radical (unpaired) electrons. The molecule has 4 rings (SSSR count). The molecule has 0 spiro atoms. The molecular weight excluding hydrogens is 558 g/mol. The van der Waals surface area contributed by atoms with E-state index in [1.54, 1.807) is 36.7 Å². The van der Waals surface area contributed by atoms with Gasteiger partial charge in [0.1, 0.15) is 18.0 Å². The van der Waals surface area contributed by atoms with Gasteiger partial charge in [-0.2, -0.15) is 11.9 Å². The van der Waals surface area contributed by atoms with E-state index in [1.165, 1.54) is 12.8 Å². The van der Waals surface area contributed by atoms with Gasteiger partial charge >= 0.3 is 0 Å². The molecule has 9 heteroatoms. The Kier molecular flexibility index (Phi) is 12.9. The summed E-state index contributed by atoms with van der Waals surface area (Å²) in [5.41, 5.74) is 8.60. The van der Waals surface area contributed by atoms with Crippen LogP contribution >= 0.6 is 0 Å². The van der Waals surface area contributed by atoms with E-state index in [2.05, 4.69) is 16.9 Å². The van der Waals surface area contributed by atoms with Crippen molar-refractivity contribution in [1.82, 2.24) is 9.97 Å². The van der Waals surface area contributed by atoms with Crippen molar-refractivity contribution in [2.75, 3.05) is 12.3 Å². The predicted molar refractivity (Wildman–Crippen MR) is 170 cm³/mol. The number of phenols is 1. The van der Waals surface area contributed by atoms with Crippen LogP contribution in [0.25, 0.3) is 0 Å². The molecule has 7 unspecified atom stereocenters. The lowest BCUT2D eigenvalue weighted by molar-refractivity contribution is -0.00840. The SMILES string of the molecule is CCC1CCCC(C(O)CC(O)CCc2ccc(O)c(OC(CC(Cc3ccc[n-]3)c3ccnc(N)c3)C(O)CO)c2)CC1. The number of nitrogens with two attached hydrogens (primary N) is 1. The van der Waals surface area contributed by atoms with Crippen molar-refractivity contribution in [1.29, 1.82) is 0 Å². The van der Waals surface area contributed by atoms with Crippen LogP contribution in [0.3, 0.4) is 0 Å². The molecule has 0 amide bonds. The largest absolute Gasteiger partial charge is 0.668 e. The monoisotopic (exact) mass is 608 g/mol. The number of rotatable bonds is 16. The molecule has 242 valence electrons. The summed E-state index contributed by atoms with van der Waals surface area (Å²) in [5.74, 6) is 1.32. The minimum Gasteiger partial charge on any atom is -0.668 e. The molecule has 2 heterocycles. The molecule has 9 nitrogen and oxygen atoms in total. The molecule has 1 aromatic carbocycles. The van der Waals surface area contributed by atoms with Crippen LogP contribution in [0.4, 0.5) is 5.82 Å². The normalized spacial score (nSPS) is 20.8. The van der Waals surface area contributed by atoms with E-state index in [4.69, 9.17) is 10.5 Å². The van der Waals surface area contributed by atoms with Crippen LogP contribution in [0.2, 0.25) is 0 Å². The quantitative estimate of drug-likeness (QED) is 0.129. The molecule has 0 bridgehead atoms. The van der Waals surface area contributed by atoms with E-state index >= 15 is 0 Å². The first-order valence-electron chi connectivity index (χ1n) is 16.2. The fourth-order valence-electron chi connectivity index (χ4n) is 6.54. The second-order valence-corrected chi connectivity index (χ2v) is 12.5. The Morgan fingerprint density at radius 1 is 1.05 bits per heavy atom. The van der Waals surface area contributed by atoms with E-state index in [-0.39, 0.29) is 23.3 Å². The number of nitrogens with zero attached hydrogens (tertiary/aromatic N) is 2. The van der Waals surface area contributed by atoms with E-state index in [0.29, 0.717) is 37.9 Å². The first kappa shape index (κ1) is 33.8. The lowest BCUT2D eigenvalue weighted by Crippen LogP contribution is -2.36. The first-order valence-corrected chi connectivity index (χ1v) is 16.2. The van der Waals surface area contributed by atoms with Crippen LogP contribution in [-0.2, 0) is 12.8 Å². The summed E-state index contributed by atoms with van der Waals surface area (Å²) < 4.78 is 6.19. The number of hydrogen-bond donors (Lipinski definition) is 6. The number of anilines is 1. The molecule has 1 aliphatic carbocycles. The van der Waals surface area contributed by atoms with Crippen LogP contribution in [0.15, 0.2) is 54.9 Å². The summed E-state index contributed by atoms with van der Waals surface area (Å²) >= 11 is 0. The number of ether oxygens (including phenoxy) is 1. The number of benzene rings is 1. The highest BCUT2D eigenvalue weighted by atomic mass is 16.5. The maximum Gasteiger partial charge on any atom is 0.161 e. The van der Waals surface area contributed by atoms with Gasteiger partial charge in [-0.3, -0.25) is 0 Å². The minimum absolute atomic E-state index is 0.0824. The Bertz CT molecular complexity index is 1260. The van der Waals surface area contributed by atoms with Crippen molar-refractivity contribution in [3.63, 3.8) is 0 Å². The van der Waals surface area contributed by atoms with Gasteiger partial charge in [-0.05, 0) is 98.1 Å². The average molecular weight is 609 g/mol. The Morgan fingerprint density at radius 3 is 2.61 bits per heavy atom. The molecule has 3 aromatic rings. The van der Waals surface area contributed by atoms with Crippen molar-refractivity contribution in [3.8, 4) is 11.5 Å². The molecule has 7 N–H and O–H groups in total. The van der Waals surface area contributed by atoms with Gasteiger partial charge in [0.15, 0.2) is 11.5 Å². The summed E-state index contributed by atoms with van der Waals surface area (Å²) in [7, 11) is 0. The van der Waals surface area contributed by atoms with Gasteiger partial charge in [-0.1, -0.05) is 50.8 Å². The third-order valence-corrected chi connectivity index (χ3v) is 9.32. The van der Waals surface area contributed by atoms with Crippen LogP contribution < -0.4 is 15.5 Å². The number of aliphatic hydroxyl groups is 4. The topological polar surface area (TPSA) is 163 Å². The van der Waals surface area contributed by atoms with Crippen LogP contribution in [-0.4, -0.2) is 61.5 Å². The van der Waals surface area contributed by atoms with Crippen molar-refractivity contribution >= 4 is 5.82 Å². The number of aromatic nitrogens is 2. The number of nitrogen functional groups attached to an aromatic ring is 1. The molecular formula is C35H50N3O6-. The fraction of sp³-hybridized carbons (Fsp3) is 0.571. The molecule has 1 fully saturated rings. The Balaban J connectivity index is 1.40. The molecule has 2 aromatic heterocycles. The third-order valence-electron chi connectivity index (χ3n) is 9.32. The zero-order chi connectivity index (χ0) is 31.5. The number of aromatic hydroxyl groups is 1. The summed E-state index contributed by atoms with van der Waals surface area (Å²) in [6, 6.07) is 12.5. The highest BCUT2D eigenvalue weighted by Crippen LogP contribution is 2.34. The second kappa shape index (κ2) is 16.8. The number of phenolic OH excluding ortho intramolecular Hbond substituents is 1. The van der Waals surface area contributed by atoms with Gasteiger partial charge in [0, 0.05) is 6.20 Å². The van der Waals surface area contributed by atoms with Gasteiger partial charge in [0.25, 0.3) is 0 Å². The summed E-state index contributed by atoms with van der Waals surface area (Å²) in [6.45, 7) is 1.72. The zero-order valence-electron chi connectivity index (χ0n) is 25.8. The summed E-state index contributed by atoms with van der Waals surface area (Å²) in [5, 5.41) is 52.9. The van der Waals surface area contributed by atoms with Crippen molar-refractivity contribution in [3.05, 3.63) is 71.7 Å². The van der Waals surface area contributed by atoms with Gasteiger partial charge in [-0.25, -0.2) is 4.98 Å². The van der Waals surface area contributed by atoms with Crippen molar-refractivity contribution in [2.24, 2.45) is 11.8 Å². The molecule has 1 aliphatic rings. The second-order valence-electron chi connectivity index (χ2n) is 12.5. The zero-order valence-corrected chi connectivity index (χ0v) is 25.8. The van der Waals surface area contributed by atoms with Gasteiger partial charge < -0.3 is 41.0 Å². The molecule has 44 heavy (non-hydrogen) atoms. The Labute approximate surface area is 261 Å². The molecule has 7 atom stereocenters. The highest BCUT2D eigenvalue weighted by Gasteiger charge is 2.28. The molecule has 0 aliphatic heterocycles. The van der Waals surface area contributed by atoms with Crippen molar-refractivity contribution < 1.29 is 30.3 Å². The number of aliphatic hydroxyl groups excluding tert-OH is 4. The highest BCUT2D eigenvalue weighted by molar-refractivity contribution is 5.42. The van der Waals surface area contributed by atoms with Crippen molar-refractivity contribution in [2.45, 2.75) is 108 Å². The summed E-state index contributed by atoms with van der Waals surface area (Å²) in [6.07, 6.45) is 9.14. The molecule has 0 saturated heterocycles. The van der Waals surface area contributed by atoms with Crippen LogP contribution in [0.1, 0.15) is 87.4 Å². The Morgan fingerprint density at radius 2 is 1.89 bits per heavy atom. The standard InChI is InChI=1S/C35H50N3O6/c1-2-23-5-3-6-25(11-8-23)31(42)21-29(40)12-9-24-10-13-30(41)33(17-24)44-34(32(43)22-39)19-27(18-28-7-4-15-37-28)26-14-16-38-35(36)20-26/h4,7,10,13-17,20,23,25,27,29,31-32,34,39-43H,2-3,5-6,8-9,11-12,18-19,21-22H2,1H3,(H2,36,38)/q-1. The average Bonchev–Trinajstić information content (AvgIpc) is 3.41. The van der Waals surface area contributed by atoms with Crippen LogP contribution in [0, 0.1) is 11.8 Å². The third kappa shape index (κ3) is 9.95. The lowest BCUT2D eigenvalue weighted by Gasteiger charge is -2.29. The number of aryl methyl sites for hydroxylation is 1.